The molecular weight excluding hydrogens is 320 g/mol. The fourth-order valence-corrected chi connectivity index (χ4v) is 2.86. The molecule has 1 fully saturated rings. The average molecular weight is 342 g/mol. The maximum absolute atomic E-state index is 12.3. The summed E-state index contributed by atoms with van der Waals surface area (Å²) in [6.07, 6.45) is 1.62. The maximum Gasteiger partial charge on any atom is 0.253 e. The number of aryl methyl sites for hydroxylation is 1. The fraction of sp³-hybridized carbons (Fsp3) is 0.389. The van der Waals surface area contributed by atoms with E-state index in [1.165, 1.54) is 6.07 Å². The van der Waals surface area contributed by atoms with E-state index in [9.17, 15) is 9.59 Å². The van der Waals surface area contributed by atoms with Crippen molar-refractivity contribution in [3.05, 3.63) is 46.4 Å². The van der Waals surface area contributed by atoms with Gasteiger partial charge in [-0.3, -0.25) is 9.59 Å². The van der Waals surface area contributed by atoms with Crippen LogP contribution in [0.2, 0.25) is 0 Å². The van der Waals surface area contributed by atoms with Gasteiger partial charge in [-0.15, -0.1) is 0 Å². The second-order valence-corrected chi connectivity index (χ2v) is 6.07. The second-order valence-electron chi connectivity index (χ2n) is 6.07. The number of nitrogens with two attached hydrogens (primary N) is 1. The quantitative estimate of drug-likeness (QED) is 0.762. The third kappa shape index (κ3) is 4.12. The van der Waals surface area contributed by atoms with Gasteiger partial charge >= 0.3 is 0 Å². The van der Waals surface area contributed by atoms with Crippen molar-refractivity contribution < 1.29 is 9.53 Å². The zero-order valence-corrected chi connectivity index (χ0v) is 14.1. The third-order valence-electron chi connectivity index (χ3n) is 4.22. The molecule has 132 valence electrons. The molecule has 4 N–H and O–H groups in total. The Labute approximate surface area is 145 Å². The predicted molar refractivity (Wildman–Crippen MR) is 95.3 cm³/mol. The largest absolute Gasteiger partial charge is 0.364 e. The van der Waals surface area contributed by atoms with Gasteiger partial charge in [0.05, 0.1) is 6.10 Å². The normalized spacial score (nSPS) is 19.8. The fourth-order valence-electron chi connectivity index (χ4n) is 2.86. The lowest BCUT2D eigenvalue weighted by Crippen LogP contribution is -2.29. The second kappa shape index (κ2) is 7.58. The Kier molecular flexibility index (Phi) is 5.25. The molecule has 0 aliphatic carbocycles. The van der Waals surface area contributed by atoms with Crippen LogP contribution in [0.3, 0.4) is 0 Å². The Balaban J connectivity index is 1.77. The van der Waals surface area contributed by atoms with E-state index in [1.807, 2.05) is 19.1 Å². The molecule has 0 radical (unpaired) electrons. The number of amides is 1. The van der Waals surface area contributed by atoms with Crippen molar-refractivity contribution in [1.82, 2.24) is 9.97 Å². The lowest BCUT2D eigenvalue weighted by atomic mass is 10.1. The van der Waals surface area contributed by atoms with E-state index in [4.69, 9.17) is 10.5 Å². The van der Waals surface area contributed by atoms with Crippen LogP contribution < -0.4 is 16.6 Å². The first-order valence-electron chi connectivity index (χ1n) is 8.46. The third-order valence-corrected chi connectivity index (χ3v) is 4.22. The number of carbonyl (C=O) groups is 1. The molecule has 1 aromatic heterocycles. The number of hydrogen-bond acceptors (Lipinski definition) is 5. The number of carbonyl (C=O) groups excluding carboxylic acids is 1. The minimum Gasteiger partial charge on any atom is -0.364 e. The Hall–Kier alpha value is -2.51. The van der Waals surface area contributed by atoms with Crippen molar-refractivity contribution in [2.45, 2.75) is 38.4 Å². The molecule has 25 heavy (non-hydrogen) atoms. The van der Waals surface area contributed by atoms with Crippen LogP contribution in [0.15, 0.2) is 35.1 Å². The number of H-pyrrole nitrogens is 1. The molecule has 2 aromatic rings. The van der Waals surface area contributed by atoms with Gasteiger partial charge in [-0.1, -0.05) is 19.1 Å². The zero-order valence-electron chi connectivity index (χ0n) is 14.1. The first-order valence-corrected chi connectivity index (χ1v) is 8.46. The summed E-state index contributed by atoms with van der Waals surface area (Å²) in [6, 6.07) is 8.70. The topological polar surface area (TPSA) is 110 Å². The van der Waals surface area contributed by atoms with Crippen LogP contribution in [0.4, 0.5) is 5.69 Å². The van der Waals surface area contributed by atoms with Gasteiger partial charge in [-0.2, -0.15) is 0 Å². The van der Waals surface area contributed by atoms with Gasteiger partial charge < -0.3 is 20.8 Å². The number of benzene rings is 1. The highest BCUT2D eigenvalue weighted by atomic mass is 16.5. The van der Waals surface area contributed by atoms with Crippen LogP contribution in [-0.2, 0) is 16.0 Å². The van der Waals surface area contributed by atoms with Gasteiger partial charge in [0.25, 0.3) is 11.5 Å². The summed E-state index contributed by atoms with van der Waals surface area (Å²) in [6.45, 7) is 2.37. The van der Waals surface area contributed by atoms with Gasteiger partial charge in [0.1, 0.15) is 11.9 Å². The number of aromatic nitrogens is 2. The SMILES string of the molecule is CCc1cc(=O)[nH]c(-c2cccc(NC(=O)[C@@H]3CC[C@H](CN)O3)c2)n1. The monoisotopic (exact) mass is 342 g/mol. The highest BCUT2D eigenvalue weighted by molar-refractivity contribution is 5.94. The first-order chi connectivity index (χ1) is 12.1. The van der Waals surface area contributed by atoms with E-state index in [-0.39, 0.29) is 17.6 Å². The summed E-state index contributed by atoms with van der Waals surface area (Å²) in [5.74, 6) is 0.303. The lowest BCUT2D eigenvalue weighted by Gasteiger charge is -2.13. The molecule has 7 nitrogen and oxygen atoms in total. The molecule has 2 heterocycles. The Morgan fingerprint density at radius 2 is 2.24 bits per heavy atom. The molecule has 1 aliphatic heterocycles. The lowest BCUT2D eigenvalue weighted by molar-refractivity contribution is -0.126. The van der Waals surface area contributed by atoms with Crippen molar-refractivity contribution in [2.24, 2.45) is 5.73 Å². The number of aromatic amines is 1. The van der Waals surface area contributed by atoms with Crippen molar-refractivity contribution >= 4 is 11.6 Å². The summed E-state index contributed by atoms with van der Waals surface area (Å²) in [5, 5.41) is 2.86. The summed E-state index contributed by atoms with van der Waals surface area (Å²) < 4.78 is 5.61. The average Bonchev–Trinajstić information content (AvgIpc) is 3.11. The number of hydrogen-bond donors (Lipinski definition) is 3. The number of nitrogens with zero attached hydrogens (tertiary/aromatic N) is 1. The van der Waals surface area contributed by atoms with Gasteiger partial charge in [0.15, 0.2) is 0 Å². The molecule has 1 amide bonds. The summed E-state index contributed by atoms with van der Waals surface area (Å²) in [4.78, 5) is 31.2. The molecule has 0 bridgehead atoms. The maximum atomic E-state index is 12.3. The highest BCUT2D eigenvalue weighted by Gasteiger charge is 2.29. The number of rotatable bonds is 5. The number of anilines is 1. The smallest absolute Gasteiger partial charge is 0.253 e. The molecule has 0 spiro atoms. The summed E-state index contributed by atoms with van der Waals surface area (Å²) in [7, 11) is 0. The molecule has 7 heteroatoms. The Morgan fingerprint density at radius 1 is 1.40 bits per heavy atom. The summed E-state index contributed by atoms with van der Waals surface area (Å²) >= 11 is 0. The van der Waals surface area contributed by atoms with Gasteiger partial charge in [0, 0.05) is 29.6 Å². The first kappa shape index (κ1) is 17.3. The molecule has 1 aliphatic rings. The van der Waals surface area contributed by atoms with Gasteiger partial charge in [-0.25, -0.2) is 4.98 Å². The molecule has 1 saturated heterocycles. The van der Waals surface area contributed by atoms with Crippen LogP contribution >= 0.6 is 0 Å². The van der Waals surface area contributed by atoms with E-state index >= 15 is 0 Å². The molecular formula is C18H22N4O3. The van der Waals surface area contributed by atoms with E-state index in [2.05, 4.69) is 15.3 Å². The van der Waals surface area contributed by atoms with Gasteiger partial charge in [0.2, 0.25) is 0 Å². The number of ether oxygens (including phenoxy) is 1. The Morgan fingerprint density at radius 3 is 2.96 bits per heavy atom. The van der Waals surface area contributed by atoms with Crippen molar-refractivity contribution in [3.63, 3.8) is 0 Å². The minimum atomic E-state index is -0.474. The van der Waals surface area contributed by atoms with Crippen LogP contribution in [0.25, 0.3) is 11.4 Å². The van der Waals surface area contributed by atoms with E-state index in [0.717, 1.165) is 17.7 Å². The highest BCUT2D eigenvalue weighted by Crippen LogP contribution is 2.22. The molecule has 0 unspecified atom stereocenters. The van der Waals surface area contributed by atoms with Crippen molar-refractivity contribution in [3.8, 4) is 11.4 Å². The predicted octanol–water partition coefficient (Wildman–Crippen LogP) is 1.44. The van der Waals surface area contributed by atoms with Crippen LogP contribution in [0.1, 0.15) is 25.5 Å². The zero-order chi connectivity index (χ0) is 17.8. The van der Waals surface area contributed by atoms with Crippen LogP contribution in [0, 0.1) is 0 Å². The minimum absolute atomic E-state index is 0.0480. The van der Waals surface area contributed by atoms with E-state index in [0.29, 0.717) is 30.9 Å². The van der Waals surface area contributed by atoms with Crippen LogP contribution in [-0.4, -0.2) is 34.6 Å². The Bertz CT molecular complexity index is 818. The standard InChI is InChI=1S/C18H22N4O3/c1-2-12-9-16(23)22-17(20-12)11-4-3-5-13(8-11)21-18(24)15-7-6-14(10-19)25-15/h3-5,8-9,14-15H,2,6-7,10,19H2,1H3,(H,21,24)(H,20,22,23)/t14-,15+/m1/s1. The number of nitrogens with one attached hydrogen (secondary N) is 2. The molecule has 1 aromatic carbocycles. The van der Waals surface area contributed by atoms with E-state index < -0.39 is 6.10 Å². The summed E-state index contributed by atoms with van der Waals surface area (Å²) in [5.41, 5.74) is 7.47. The van der Waals surface area contributed by atoms with Crippen LogP contribution in [0.5, 0.6) is 0 Å². The van der Waals surface area contributed by atoms with Crippen molar-refractivity contribution in [2.75, 3.05) is 11.9 Å². The van der Waals surface area contributed by atoms with Crippen molar-refractivity contribution in [1.29, 1.82) is 0 Å². The molecule has 2 atom stereocenters. The molecule has 3 rings (SSSR count). The molecule has 0 saturated carbocycles. The van der Waals surface area contributed by atoms with Gasteiger partial charge in [-0.05, 0) is 31.4 Å². The van der Waals surface area contributed by atoms with E-state index in [1.54, 1.807) is 12.1 Å².